The van der Waals surface area contributed by atoms with Crippen molar-refractivity contribution in [1.29, 1.82) is 0 Å². The van der Waals surface area contributed by atoms with Crippen molar-refractivity contribution in [3.05, 3.63) is 168 Å². The first-order valence-electron chi connectivity index (χ1n) is 20.6. The van der Waals surface area contributed by atoms with Gasteiger partial charge in [0, 0.05) is 63.2 Å². The highest BCUT2D eigenvalue weighted by atomic mass is 16.5. The molecule has 0 amide bonds. The maximum Gasteiger partial charge on any atom is 0.137 e. The second-order valence-electron chi connectivity index (χ2n) is 19.6. The largest absolute Gasteiger partial charge is 0.457 e. The molecule has 0 saturated heterocycles. The number of anilines is 2. The molecule has 0 atom stereocenters. The Labute approximate surface area is 345 Å². The number of nitrogens with zero attached hydrogens (tertiary/aromatic N) is 4. The van der Waals surface area contributed by atoms with Crippen molar-refractivity contribution < 1.29 is 4.74 Å². The van der Waals surface area contributed by atoms with Crippen molar-refractivity contribution in [3.63, 3.8) is 0 Å². The Hall–Kier alpha value is -5.81. The molecule has 0 unspecified atom stereocenters. The van der Waals surface area contributed by atoms with Crippen molar-refractivity contribution in [2.24, 2.45) is 5.41 Å². The number of aromatic nitrogens is 2. The van der Waals surface area contributed by atoms with Gasteiger partial charge in [-0.3, -0.25) is 4.57 Å². The Balaban J connectivity index is 1.20. The molecule has 7 aromatic rings. The fourth-order valence-electron chi connectivity index (χ4n) is 8.19. The van der Waals surface area contributed by atoms with Crippen molar-refractivity contribution in [1.82, 2.24) is 9.55 Å². The average Bonchev–Trinajstić information content (AvgIpc) is 3.79. The summed E-state index contributed by atoms with van der Waals surface area (Å²) >= 11 is 0. The van der Waals surface area contributed by atoms with E-state index in [1.54, 1.807) is 0 Å². The van der Waals surface area contributed by atoms with Crippen LogP contribution >= 0.6 is 0 Å². The minimum atomic E-state index is -0.202. The SMILES string of the molecule is CC(C)(C)C1=CN(c2cccc(C(C)(C)C)c2)CN1c1cc(Oc2ccc3c4ccccc4n(-c4cc(C(C)(C)c5ccccc5)ccn4)c3c2)cc(C(C)(C)C)c1. The first-order chi connectivity index (χ1) is 27.4. The highest BCUT2D eigenvalue weighted by Gasteiger charge is 2.33. The van der Waals surface area contributed by atoms with Crippen LogP contribution in [0.2, 0.25) is 0 Å². The molecule has 1 aliphatic rings. The van der Waals surface area contributed by atoms with Gasteiger partial charge in [-0.2, -0.15) is 0 Å². The molecule has 0 spiro atoms. The van der Waals surface area contributed by atoms with E-state index in [0.29, 0.717) is 6.67 Å². The number of fused-ring (bicyclic) bond motifs is 3. The highest BCUT2D eigenvalue weighted by Crippen LogP contribution is 2.43. The van der Waals surface area contributed by atoms with Gasteiger partial charge in [0.05, 0.1) is 17.7 Å². The van der Waals surface area contributed by atoms with E-state index in [2.05, 4.69) is 224 Å². The monoisotopic (exact) mass is 766 g/mol. The van der Waals surface area contributed by atoms with Crippen LogP contribution in [0.3, 0.4) is 0 Å². The normalized spacial score (nSPS) is 14.1. The van der Waals surface area contributed by atoms with Crippen LogP contribution in [0, 0.1) is 5.41 Å². The van der Waals surface area contributed by atoms with Crippen LogP contribution in [0.15, 0.2) is 145 Å². The van der Waals surface area contributed by atoms with Crippen LogP contribution in [0.1, 0.15) is 98.4 Å². The van der Waals surface area contributed by atoms with E-state index in [1.165, 1.54) is 39.0 Å². The molecular weight excluding hydrogens is 709 g/mol. The third-order valence-corrected chi connectivity index (χ3v) is 11.8. The minimum Gasteiger partial charge on any atom is -0.457 e. The van der Waals surface area contributed by atoms with Crippen LogP contribution in [-0.2, 0) is 16.2 Å². The number of ether oxygens (including phenoxy) is 1. The maximum atomic E-state index is 6.94. The number of allylic oxidation sites excluding steroid dienone is 1. The lowest BCUT2D eigenvalue weighted by molar-refractivity contribution is 0.477. The molecule has 5 nitrogen and oxygen atoms in total. The van der Waals surface area contributed by atoms with Crippen LogP contribution in [0.25, 0.3) is 27.6 Å². The standard InChI is InChI=1S/C53H58N4O/c1-50(2,3)37-20-17-21-40(28-37)55-34-48(52(7,8)9)56(35-55)41-29-39(51(4,5)6)30-43(32-41)58-42-24-25-45-44-22-15-16-23-46(44)57(47(45)33-42)49-31-38(26-27-54-49)53(10,11)36-18-13-12-14-19-36/h12-34H,35H2,1-11H3. The lowest BCUT2D eigenvalue weighted by Gasteiger charge is -2.32. The molecule has 0 N–H and O–H groups in total. The van der Waals surface area contributed by atoms with E-state index >= 15 is 0 Å². The highest BCUT2D eigenvalue weighted by molar-refractivity contribution is 6.09. The van der Waals surface area contributed by atoms with Gasteiger partial charge in [0.1, 0.15) is 17.3 Å². The molecule has 58 heavy (non-hydrogen) atoms. The van der Waals surface area contributed by atoms with E-state index in [0.717, 1.165) is 39.4 Å². The molecule has 0 aliphatic carbocycles. The summed E-state index contributed by atoms with van der Waals surface area (Å²) in [6.07, 6.45) is 4.28. The summed E-state index contributed by atoms with van der Waals surface area (Å²) in [4.78, 5) is 9.82. The summed E-state index contributed by atoms with van der Waals surface area (Å²) in [5, 5.41) is 2.35. The number of hydrogen-bond acceptors (Lipinski definition) is 4. The minimum absolute atomic E-state index is 0.0660. The summed E-state index contributed by atoms with van der Waals surface area (Å²) < 4.78 is 9.22. The third kappa shape index (κ3) is 7.39. The summed E-state index contributed by atoms with van der Waals surface area (Å²) in [7, 11) is 0. The summed E-state index contributed by atoms with van der Waals surface area (Å²) in [6.45, 7) is 25.8. The molecule has 296 valence electrons. The molecule has 8 rings (SSSR count). The molecule has 5 heteroatoms. The van der Waals surface area contributed by atoms with E-state index in [-0.39, 0.29) is 21.7 Å². The predicted molar refractivity (Wildman–Crippen MR) is 245 cm³/mol. The Kier molecular flexibility index (Phi) is 9.58. The zero-order valence-electron chi connectivity index (χ0n) is 36.2. The van der Waals surface area contributed by atoms with Crippen LogP contribution in [0.5, 0.6) is 11.5 Å². The van der Waals surface area contributed by atoms with Crippen molar-refractivity contribution in [2.75, 3.05) is 16.5 Å². The number of hydrogen-bond donors (Lipinski definition) is 0. The fraction of sp³-hybridized carbons (Fsp3) is 0.302. The quantitative estimate of drug-likeness (QED) is 0.162. The van der Waals surface area contributed by atoms with Gasteiger partial charge in [-0.05, 0) is 87.7 Å². The maximum absolute atomic E-state index is 6.94. The first kappa shape index (κ1) is 39.0. The van der Waals surface area contributed by atoms with E-state index in [9.17, 15) is 0 Å². The molecule has 0 fully saturated rings. The van der Waals surface area contributed by atoms with Crippen LogP contribution < -0.4 is 14.5 Å². The fourth-order valence-corrected chi connectivity index (χ4v) is 8.19. The van der Waals surface area contributed by atoms with Gasteiger partial charge in [-0.25, -0.2) is 4.98 Å². The lowest BCUT2D eigenvalue weighted by atomic mass is 9.78. The van der Waals surface area contributed by atoms with Gasteiger partial charge in [0.15, 0.2) is 0 Å². The molecule has 3 heterocycles. The molecule has 2 aromatic heterocycles. The lowest BCUT2D eigenvalue weighted by Crippen LogP contribution is -2.31. The Bertz CT molecular complexity index is 2660. The van der Waals surface area contributed by atoms with Crippen LogP contribution in [0.4, 0.5) is 11.4 Å². The van der Waals surface area contributed by atoms with Crippen molar-refractivity contribution in [2.45, 2.75) is 92.4 Å². The van der Waals surface area contributed by atoms with Gasteiger partial charge in [-0.1, -0.05) is 137 Å². The predicted octanol–water partition coefficient (Wildman–Crippen LogP) is 14.1. The van der Waals surface area contributed by atoms with Crippen molar-refractivity contribution >= 4 is 33.2 Å². The third-order valence-electron chi connectivity index (χ3n) is 11.8. The summed E-state index contributed by atoms with van der Waals surface area (Å²) in [5.41, 5.74) is 10.5. The molecule has 5 aromatic carbocycles. The summed E-state index contributed by atoms with van der Waals surface area (Å²) in [5.74, 6) is 2.48. The smallest absolute Gasteiger partial charge is 0.137 e. The van der Waals surface area contributed by atoms with Gasteiger partial charge >= 0.3 is 0 Å². The van der Waals surface area contributed by atoms with Crippen molar-refractivity contribution in [3.8, 4) is 17.3 Å². The topological polar surface area (TPSA) is 33.5 Å². The van der Waals surface area contributed by atoms with Gasteiger partial charge < -0.3 is 14.5 Å². The Morgan fingerprint density at radius 1 is 0.500 bits per heavy atom. The molecule has 0 bridgehead atoms. The summed E-state index contributed by atoms with van der Waals surface area (Å²) in [6, 6.07) is 45.9. The average molecular weight is 767 g/mol. The van der Waals surface area contributed by atoms with E-state index in [4.69, 9.17) is 9.72 Å². The first-order valence-corrected chi connectivity index (χ1v) is 20.6. The number of rotatable bonds is 7. The zero-order chi connectivity index (χ0) is 41.2. The zero-order valence-corrected chi connectivity index (χ0v) is 36.2. The van der Waals surface area contributed by atoms with Gasteiger partial charge in [0.2, 0.25) is 0 Å². The molecule has 0 saturated carbocycles. The Morgan fingerprint density at radius 2 is 1.17 bits per heavy atom. The second-order valence-corrected chi connectivity index (χ2v) is 19.6. The van der Waals surface area contributed by atoms with E-state index in [1.807, 2.05) is 6.20 Å². The molecular formula is C53H58N4O. The second kappa shape index (κ2) is 14.2. The Morgan fingerprint density at radius 3 is 1.90 bits per heavy atom. The van der Waals surface area contributed by atoms with E-state index < -0.39 is 0 Å². The van der Waals surface area contributed by atoms with Gasteiger partial charge in [0.25, 0.3) is 0 Å². The van der Waals surface area contributed by atoms with Crippen LogP contribution in [-0.4, -0.2) is 16.2 Å². The number of pyridine rings is 1. The number of para-hydroxylation sites is 1. The molecule has 0 radical (unpaired) electrons. The van der Waals surface area contributed by atoms with Gasteiger partial charge in [-0.15, -0.1) is 0 Å². The molecule has 1 aliphatic heterocycles. The number of benzene rings is 5.